The summed E-state index contributed by atoms with van der Waals surface area (Å²) in [7, 11) is 0. The average Bonchev–Trinajstić information content (AvgIpc) is 2.45. The van der Waals surface area contributed by atoms with Crippen molar-refractivity contribution in [2.24, 2.45) is 0 Å². The van der Waals surface area contributed by atoms with Gasteiger partial charge in [-0.1, -0.05) is 6.07 Å². The highest BCUT2D eigenvalue weighted by Gasteiger charge is 2.15. The minimum atomic E-state index is -0.218. The Bertz CT molecular complexity index is 560. The Morgan fingerprint density at radius 3 is 2.63 bits per heavy atom. The number of halogens is 1. The summed E-state index contributed by atoms with van der Waals surface area (Å²) in [6, 6.07) is 10.2. The van der Waals surface area contributed by atoms with Gasteiger partial charge in [-0.25, -0.2) is 0 Å². The van der Waals surface area contributed by atoms with E-state index in [1.165, 1.54) is 11.0 Å². The van der Waals surface area contributed by atoms with Crippen LogP contribution in [0.15, 0.2) is 48.8 Å². The van der Waals surface area contributed by atoms with Crippen molar-refractivity contribution >= 4 is 23.2 Å². The Morgan fingerprint density at radius 1 is 1.26 bits per heavy atom. The van der Waals surface area contributed by atoms with E-state index in [9.17, 15) is 9.90 Å². The molecule has 0 atom stereocenters. The minimum Gasteiger partial charge on any atom is -0.508 e. The highest BCUT2D eigenvalue weighted by molar-refractivity contribution is 6.29. The quantitative estimate of drug-likeness (QED) is 0.873. The van der Waals surface area contributed by atoms with Crippen LogP contribution in [0.1, 0.15) is 5.56 Å². The lowest BCUT2D eigenvalue weighted by molar-refractivity contribution is -0.116. The van der Waals surface area contributed by atoms with Gasteiger partial charge in [0.1, 0.15) is 11.6 Å². The van der Waals surface area contributed by atoms with Gasteiger partial charge in [0, 0.05) is 24.1 Å². The van der Waals surface area contributed by atoms with Crippen molar-refractivity contribution < 1.29 is 9.90 Å². The number of carbonyl (C=O) groups excluding carboxylic acids is 1. The van der Waals surface area contributed by atoms with Crippen molar-refractivity contribution in [1.29, 1.82) is 0 Å². The first-order valence-electron chi connectivity index (χ1n) is 5.75. The fourth-order valence-electron chi connectivity index (χ4n) is 1.73. The monoisotopic (exact) mass is 276 g/mol. The summed E-state index contributed by atoms with van der Waals surface area (Å²) in [6.07, 6.45) is 3.34. The van der Waals surface area contributed by atoms with Crippen molar-refractivity contribution in [1.82, 2.24) is 4.98 Å². The van der Waals surface area contributed by atoms with Gasteiger partial charge in [-0.2, -0.15) is 0 Å². The molecule has 0 aliphatic rings. The molecule has 98 valence electrons. The lowest BCUT2D eigenvalue weighted by Gasteiger charge is -2.22. The smallest absolute Gasteiger partial charge is 0.242 e. The van der Waals surface area contributed by atoms with Crippen LogP contribution in [0.5, 0.6) is 5.75 Å². The summed E-state index contributed by atoms with van der Waals surface area (Å²) in [5.74, 6) is -0.218. The lowest BCUT2D eigenvalue weighted by atomic mass is 10.2. The van der Waals surface area contributed by atoms with Crippen molar-refractivity contribution in [2.45, 2.75) is 6.54 Å². The number of aromatic hydroxyl groups is 1. The summed E-state index contributed by atoms with van der Waals surface area (Å²) < 4.78 is 0. The second-order valence-corrected chi connectivity index (χ2v) is 4.26. The number of phenols is 1. The van der Waals surface area contributed by atoms with Gasteiger partial charge in [0.15, 0.2) is 0 Å². The summed E-state index contributed by atoms with van der Waals surface area (Å²) in [5.41, 5.74) is 1.55. The van der Waals surface area contributed by atoms with Gasteiger partial charge >= 0.3 is 0 Å². The summed E-state index contributed by atoms with van der Waals surface area (Å²) in [4.78, 5) is 17.4. The van der Waals surface area contributed by atoms with E-state index in [0.717, 1.165) is 5.56 Å². The van der Waals surface area contributed by atoms with Crippen LogP contribution in [-0.2, 0) is 11.3 Å². The van der Waals surface area contributed by atoms with Crippen LogP contribution < -0.4 is 4.90 Å². The highest BCUT2D eigenvalue weighted by atomic mass is 35.5. The number of hydrogen-bond acceptors (Lipinski definition) is 3. The van der Waals surface area contributed by atoms with E-state index < -0.39 is 0 Å². The number of phenolic OH excluding ortho intramolecular Hbond substituents is 1. The Morgan fingerprint density at radius 2 is 2.00 bits per heavy atom. The molecule has 1 heterocycles. The highest BCUT2D eigenvalue weighted by Crippen LogP contribution is 2.22. The molecule has 0 aliphatic heterocycles. The van der Waals surface area contributed by atoms with Crippen molar-refractivity contribution in [2.75, 3.05) is 10.8 Å². The number of pyridine rings is 1. The topological polar surface area (TPSA) is 53.4 Å². The van der Waals surface area contributed by atoms with Gasteiger partial charge in [0.25, 0.3) is 0 Å². The predicted octanol–water partition coefficient (Wildman–Crippen LogP) is 2.56. The van der Waals surface area contributed by atoms with E-state index in [-0.39, 0.29) is 17.5 Å². The van der Waals surface area contributed by atoms with Crippen LogP contribution in [0.25, 0.3) is 0 Å². The molecule has 5 heteroatoms. The van der Waals surface area contributed by atoms with Crippen molar-refractivity contribution in [3.63, 3.8) is 0 Å². The van der Waals surface area contributed by atoms with E-state index in [4.69, 9.17) is 11.6 Å². The second-order valence-electron chi connectivity index (χ2n) is 3.99. The first kappa shape index (κ1) is 13.4. The van der Waals surface area contributed by atoms with Crippen LogP contribution in [0.3, 0.4) is 0 Å². The molecule has 0 saturated carbocycles. The molecule has 1 aromatic heterocycles. The zero-order valence-corrected chi connectivity index (χ0v) is 10.9. The first-order valence-corrected chi connectivity index (χ1v) is 6.28. The maximum absolute atomic E-state index is 11.9. The normalized spacial score (nSPS) is 10.2. The molecule has 4 nitrogen and oxygen atoms in total. The molecular formula is C14H13ClN2O2. The number of rotatable bonds is 4. The third-order valence-electron chi connectivity index (χ3n) is 2.65. The lowest BCUT2D eigenvalue weighted by Crippen LogP contribution is -2.31. The largest absolute Gasteiger partial charge is 0.508 e. The average molecular weight is 277 g/mol. The summed E-state index contributed by atoms with van der Waals surface area (Å²) >= 11 is 5.64. The second kappa shape index (κ2) is 6.20. The van der Waals surface area contributed by atoms with Crippen LogP contribution in [0.2, 0.25) is 0 Å². The third-order valence-corrected chi connectivity index (χ3v) is 2.88. The molecule has 0 radical (unpaired) electrons. The van der Waals surface area contributed by atoms with Crippen LogP contribution in [0, 0.1) is 0 Å². The predicted molar refractivity (Wildman–Crippen MR) is 74.3 cm³/mol. The number of amides is 1. The van der Waals surface area contributed by atoms with E-state index in [1.54, 1.807) is 30.6 Å². The van der Waals surface area contributed by atoms with E-state index >= 15 is 0 Å². The van der Waals surface area contributed by atoms with Crippen LogP contribution in [-0.4, -0.2) is 21.9 Å². The van der Waals surface area contributed by atoms with Crippen LogP contribution >= 0.6 is 11.6 Å². The van der Waals surface area contributed by atoms with Crippen LogP contribution in [0.4, 0.5) is 5.69 Å². The Labute approximate surface area is 116 Å². The number of anilines is 1. The Kier molecular flexibility index (Phi) is 4.36. The summed E-state index contributed by atoms with van der Waals surface area (Å²) in [6.45, 7) is 0.386. The molecule has 19 heavy (non-hydrogen) atoms. The van der Waals surface area contributed by atoms with E-state index in [2.05, 4.69) is 4.98 Å². The van der Waals surface area contributed by atoms with E-state index in [1.807, 2.05) is 12.1 Å². The van der Waals surface area contributed by atoms with Gasteiger partial charge in [0.2, 0.25) is 5.91 Å². The molecule has 2 rings (SSSR count). The number of hydrogen-bond donors (Lipinski definition) is 1. The van der Waals surface area contributed by atoms with Crippen molar-refractivity contribution in [3.05, 3.63) is 54.4 Å². The van der Waals surface area contributed by atoms with E-state index in [0.29, 0.717) is 12.2 Å². The van der Waals surface area contributed by atoms with Gasteiger partial charge < -0.3 is 10.0 Å². The molecular weight excluding hydrogens is 264 g/mol. The van der Waals surface area contributed by atoms with Gasteiger partial charge in [-0.05, 0) is 29.8 Å². The van der Waals surface area contributed by atoms with Gasteiger partial charge in [0.05, 0.1) is 6.54 Å². The maximum Gasteiger partial charge on any atom is 0.242 e. The molecule has 0 bridgehead atoms. The number of benzene rings is 1. The first-order chi connectivity index (χ1) is 9.20. The molecule has 1 amide bonds. The summed E-state index contributed by atoms with van der Waals surface area (Å²) in [5, 5.41) is 9.50. The minimum absolute atomic E-state index is 0.110. The zero-order chi connectivity index (χ0) is 13.7. The molecule has 1 aromatic carbocycles. The SMILES string of the molecule is O=C(CCl)N(Cc1ccncc1)c1cccc(O)c1. The number of aromatic nitrogens is 1. The molecule has 0 spiro atoms. The van der Waals surface area contributed by atoms with Crippen molar-refractivity contribution in [3.8, 4) is 5.75 Å². The number of carbonyl (C=O) groups is 1. The third kappa shape index (κ3) is 3.45. The maximum atomic E-state index is 11.9. The molecule has 0 aliphatic carbocycles. The molecule has 0 fully saturated rings. The Balaban J connectivity index is 2.29. The molecule has 0 unspecified atom stereocenters. The molecule has 1 N–H and O–H groups in total. The molecule has 2 aromatic rings. The Hall–Kier alpha value is -2.07. The van der Waals surface area contributed by atoms with Gasteiger partial charge in [-0.15, -0.1) is 11.6 Å². The van der Waals surface area contributed by atoms with Gasteiger partial charge in [-0.3, -0.25) is 9.78 Å². The zero-order valence-electron chi connectivity index (χ0n) is 10.2. The number of nitrogens with zero attached hydrogens (tertiary/aromatic N) is 2. The molecule has 0 saturated heterocycles. The standard InChI is InChI=1S/C14H13ClN2O2/c15-9-14(19)17(10-11-4-6-16-7-5-11)12-2-1-3-13(18)8-12/h1-8,18H,9-10H2. The fourth-order valence-corrected chi connectivity index (χ4v) is 1.87. The number of alkyl halides is 1. The fraction of sp³-hybridized carbons (Fsp3) is 0.143.